The molecular weight excluding hydrogens is 222 g/mol. The number of imidazole rings is 1. The fourth-order valence-corrected chi connectivity index (χ4v) is 4.54. The van der Waals surface area contributed by atoms with Gasteiger partial charge in [0, 0.05) is 24.6 Å². The normalized spacial score (nSPS) is 38.1. The summed E-state index contributed by atoms with van der Waals surface area (Å²) in [6.07, 6.45) is 10.3. The van der Waals surface area contributed by atoms with Gasteiger partial charge in [-0.3, -0.25) is 0 Å². The molecule has 3 N–H and O–H groups in total. The molecule has 0 aliphatic heterocycles. The molecule has 18 heavy (non-hydrogen) atoms. The lowest BCUT2D eigenvalue weighted by molar-refractivity contribution is 0.327. The summed E-state index contributed by atoms with van der Waals surface area (Å²) in [6, 6.07) is 0.341. The van der Waals surface area contributed by atoms with E-state index < -0.39 is 0 Å². The zero-order valence-electron chi connectivity index (χ0n) is 11.0. The van der Waals surface area contributed by atoms with E-state index in [1.54, 1.807) is 0 Å². The van der Waals surface area contributed by atoms with E-state index in [4.69, 9.17) is 10.7 Å². The van der Waals surface area contributed by atoms with E-state index in [9.17, 15) is 0 Å². The summed E-state index contributed by atoms with van der Waals surface area (Å²) >= 11 is 0. The van der Waals surface area contributed by atoms with Crippen molar-refractivity contribution >= 4 is 0 Å². The summed E-state index contributed by atoms with van der Waals surface area (Å²) < 4.78 is 0. The van der Waals surface area contributed by atoms with E-state index >= 15 is 0 Å². The lowest BCUT2D eigenvalue weighted by Crippen LogP contribution is -2.27. The fraction of sp³-hybridized carbons (Fsp3) is 0.800. The van der Waals surface area contributed by atoms with Gasteiger partial charge < -0.3 is 10.7 Å². The smallest absolute Gasteiger partial charge is 0.106 e. The monoisotopic (exact) mass is 245 g/mol. The molecule has 1 heterocycles. The van der Waals surface area contributed by atoms with Crippen molar-refractivity contribution in [3.8, 4) is 0 Å². The second-order valence-electron chi connectivity index (χ2n) is 6.75. The van der Waals surface area contributed by atoms with Crippen LogP contribution < -0.4 is 5.73 Å². The van der Waals surface area contributed by atoms with Crippen LogP contribution in [0, 0.1) is 17.8 Å². The van der Waals surface area contributed by atoms with Crippen molar-refractivity contribution in [1.82, 2.24) is 9.97 Å². The van der Waals surface area contributed by atoms with Gasteiger partial charge in [0.05, 0.1) is 5.69 Å². The van der Waals surface area contributed by atoms with Crippen molar-refractivity contribution in [1.29, 1.82) is 0 Å². The summed E-state index contributed by atoms with van der Waals surface area (Å²) in [5, 5.41) is 0. The molecule has 4 rings (SSSR count). The van der Waals surface area contributed by atoms with Crippen LogP contribution in [0.25, 0.3) is 0 Å². The highest BCUT2D eigenvalue weighted by Gasteiger charge is 2.39. The molecule has 4 atom stereocenters. The molecule has 2 fully saturated rings. The van der Waals surface area contributed by atoms with Gasteiger partial charge in [0.15, 0.2) is 0 Å². The Hall–Kier alpha value is -0.830. The zero-order chi connectivity index (χ0) is 12.1. The Morgan fingerprint density at radius 1 is 1.22 bits per heavy atom. The summed E-state index contributed by atoms with van der Waals surface area (Å²) in [7, 11) is 0. The number of rotatable bonds is 2. The predicted octanol–water partition coefficient (Wildman–Crippen LogP) is 2.20. The van der Waals surface area contributed by atoms with E-state index in [-0.39, 0.29) is 0 Å². The molecule has 4 unspecified atom stereocenters. The molecule has 0 amide bonds. The van der Waals surface area contributed by atoms with Gasteiger partial charge in [-0.05, 0) is 49.9 Å². The van der Waals surface area contributed by atoms with Crippen molar-refractivity contribution in [2.45, 2.75) is 57.4 Å². The lowest BCUT2D eigenvalue weighted by atomic mass is 9.86. The van der Waals surface area contributed by atoms with Gasteiger partial charge >= 0.3 is 0 Å². The Bertz CT molecular complexity index is 451. The molecule has 2 bridgehead atoms. The van der Waals surface area contributed by atoms with Crippen LogP contribution in [0.2, 0.25) is 0 Å². The van der Waals surface area contributed by atoms with Gasteiger partial charge in [-0.25, -0.2) is 4.98 Å². The number of nitrogens with two attached hydrogens (primary N) is 1. The van der Waals surface area contributed by atoms with Crippen LogP contribution >= 0.6 is 0 Å². The molecule has 0 spiro atoms. The number of hydrogen-bond acceptors (Lipinski definition) is 2. The van der Waals surface area contributed by atoms with Crippen LogP contribution in [-0.4, -0.2) is 16.0 Å². The summed E-state index contributed by atoms with van der Waals surface area (Å²) in [5.74, 6) is 4.19. The van der Waals surface area contributed by atoms with Gasteiger partial charge in [-0.1, -0.05) is 6.42 Å². The SMILES string of the molecule is NC1CCc2nc(CC3CC4CCC3C4)[nH]c2C1. The zero-order valence-corrected chi connectivity index (χ0v) is 11.0. The van der Waals surface area contributed by atoms with Crippen LogP contribution in [0.4, 0.5) is 0 Å². The van der Waals surface area contributed by atoms with Gasteiger partial charge in [-0.15, -0.1) is 0 Å². The number of aryl methyl sites for hydroxylation is 1. The number of nitrogens with zero attached hydrogens (tertiary/aromatic N) is 1. The fourth-order valence-electron chi connectivity index (χ4n) is 4.54. The number of fused-ring (bicyclic) bond motifs is 3. The first-order chi connectivity index (χ1) is 8.78. The molecule has 0 saturated heterocycles. The minimum atomic E-state index is 0.341. The largest absolute Gasteiger partial charge is 0.346 e. The highest BCUT2D eigenvalue weighted by atomic mass is 14.9. The molecule has 3 nitrogen and oxygen atoms in total. The van der Waals surface area contributed by atoms with E-state index in [2.05, 4.69) is 4.98 Å². The first kappa shape index (κ1) is 11.0. The first-order valence-corrected chi connectivity index (χ1v) is 7.60. The van der Waals surface area contributed by atoms with Crippen molar-refractivity contribution in [3.05, 3.63) is 17.2 Å². The molecule has 3 heteroatoms. The maximum atomic E-state index is 6.02. The molecule has 3 aliphatic rings. The number of nitrogens with one attached hydrogen (secondary N) is 1. The van der Waals surface area contributed by atoms with Gasteiger partial charge in [0.25, 0.3) is 0 Å². The van der Waals surface area contributed by atoms with E-state index in [0.717, 1.165) is 37.0 Å². The topological polar surface area (TPSA) is 54.7 Å². The van der Waals surface area contributed by atoms with E-state index in [0.29, 0.717) is 6.04 Å². The van der Waals surface area contributed by atoms with Gasteiger partial charge in [-0.2, -0.15) is 0 Å². The molecular formula is C15H23N3. The number of hydrogen-bond donors (Lipinski definition) is 2. The molecule has 1 aromatic rings. The number of aromatic amines is 1. The minimum Gasteiger partial charge on any atom is -0.346 e. The third kappa shape index (κ3) is 1.80. The summed E-state index contributed by atoms with van der Waals surface area (Å²) in [4.78, 5) is 8.38. The van der Waals surface area contributed by atoms with Crippen LogP contribution in [0.15, 0.2) is 0 Å². The quantitative estimate of drug-likeness (QED) is 0.839. The van der Waals surface area contributed by atoms with Crippen molar-refractivity contribution in [3.63, 3.8) is 0 Å². The third-order valence-electron chi connectivity index (χ3n) is 5.47. The molecule has 1 aromatic heterocycles. The Morgan fingerprint density at radius 2 is 2.17 bits per heavy atom. The summed E-state index contributed by atoms with van der Waals surface area (Å²) in [6.45, 7) is 0. The van der Waals surface area contributed by atoms with Crippen LogP contribution in [-0.2, 0) is 19.3 Å². The van der Waals surface area contributed by atoms with Crippen LogP contribution in [0.1, 0.15) is 49.3 Å². The molecule has 98 valence electrons. The van der Waals surface area contributed by atoms with Crippen molar-refractivity contribution in [2.75, 3.05) is 0 Å². The molecule has 0 radical (unpaired) electrons. The second kappa shape index (κ2) is 4.09. The molecule has 2 saturated carbocycles. The highest BCUT2D eigenvalue weighted by molar-refractivity contribution is 5.20. The van der Waals surface area contributed by atoms with Crippen molar-refractivity contribution < 1.29 is 0 Å². The lowest BCUT2D eigenvalue weighted by Gasteiger charge is -2.20. The first-order valence-electron chi connectivity index (χ1n) is 7.60. The maximum Gasteiger partial charge on any atom is 0.106 e. The maximum absolute atomic E-state index is 6.02. The van der Waals surface area contributed by atoms with Crippen molar-refractivity contribution in [2.24, 2.45) is 23.5 Å². The molecule has 3 aliphatic carbocycles. The Morgan fingerprint density at radius 3 is 2.94 bits per heavy atom. The average molecular weight is 245 g/mol. The van der Waals surface area contributed by atoms with Gasteiger partial charge in [0.2, 0.25) is 0 Å². The Labute approximate surface area is 109 Å². The van der Waals surface area contributed by atoms with E-state index in [1.165, 1.54) is 49.3 Å². The van der Waals surface area contributed by atoms with Crippen LogP contribution in [0.3, 0.4) is 0 Å². The summed E-state index contributed by atoms with van der Waals surface area (Å²) in [5.41, 5.74) is 8.65. The Kier molecular flexibility index (Phi) is 2.51. The third-order valence-corrected chi connectivity index (χ3v) is 5.47. The predicted molar refractivity (Wildman–Crippen MR) is 71.2 cm³/mol. The second-order valence-corrected chi connectivity index (χ2v) is 6.75. The van der Waals surface area contributed by atoms with Gasteiger partial charge in [0.1, 0.15) is 5.82 Å². The minimum absolute atomic E-state index is 0.341. The van der Waals surface area contributed by atoms with Crippen LogP contribution in [0.5, 0.6) is 0 Å². The van der Waals surface area contributed by atoms with E-state index in [1.807, 2.05) is 0 Å². The number of H-pyrrole nitrogens is 1. The highest BCUT2D eigenvalue weighted by Crippen LogP contribution is 2.49. The Balaban J connectivity index is 1.49. The standard InChI is InChI=1S/C15H23N3/c16-12-3-4-13-14(8-12)18-15(17-13)7-11-6-9-1-2-10(11)5-9/h9-12H,1-8,16H2,(H,17,18). The molecule has 0 aromatic carbocycles. The average Bonchev–Trinajstić information content (AvgIpc) is 3.02. The number of aromatic nitrogens is 2.